The van der Waals surface area contributed by atoms with Gasteiger partial charge < -0.3 is 0 Å². The highest BCUT2D eigenvalue weighted by atomic mass is 35.5. The Morgan fingerprint density at radius 2 is 2.00 bits per heavy atom. The maximum Gasteiger partial charge on any atom is 0.281 e. The molecule has 0 unspecified atom stereocenters. The van der Waals surface area contributed by atoms with Gasteiger partial charge in [-0.1, -0.05) is 34.8 Å². The topological polar surface area (TPSA) is 22.0 Å². The Bertz CT molecular complexity index is 818. The van der Waals surface area contributed by atoms with Crippen LogP contribution in [0.25, 0.3) is 10.1 Å². The minimum absolute atomic E-state index is 0.0873. The molecule has 0 amide bonds. The molecule has 0 saturated heterocycles. The van der Waals surface area contributed by atoms with Crippen molar-refractivity contribution >= 4 is 67.8 Å². The molecule has 0 saturated carbocycles. The SMILES string of the molecule is O=c1c(Cl)c(Cl)sn1Cc1csc2ccc(Cl)cc12. The van der Waals surface area contributed by atoms with Crippen molar-refractivity contribution in [3.05, 3.63) is 53.9 Å². The average molecular weight is 351 g/mol. The van der Waals surface area contributed by atoms with E-state index in [4.69, 9.17) is 34.8 Å². The normalized spacial score (nSPS) is 11.3. The lowest BCUT2D eigenvalue weighted by atomic mass is 10.2. The number of aromatic nitrogens is 1. The van der Waals surface area contributed by atoms with Gasteiger partial charge >= 0.3 is 0 Å². The van der Waals surface area contributed by atoms with E-state index in [1.54, 1.807) is 15.3 Å². The maximum atomic E-state index is 11.9. The van der Waals surface area contributed by atoms with E-state index >= 15 is 0 Å². The molecule has 0 aliphatic carbocycles. The molecule has 0 N–H and O–H groups in total. The Morgan fingerprint density at radius 1 is 1.21 bits per heavy atom. The van der Waals surface area contributed by atoms with Crippen LogP contribution in [0.15, 0.2) is 28.4 Å². The molecule has 3 rings (SSSR count). The fourth-order valence-electron chi connectivity index (χ4n) is 1.81. The van der Waals surface area contributed by atoms with Crippen molar-refractivity contribution < 1.29 is 0 Å². The lowest BCUT2D eigenvalue weighted by Crippen LogP contribution is -2.13. The fraction of sp³-hybridized carbons (Fsp3) is 0.0833. The van der Waals surface area contributed by atoms with E-state index < -0.39 is 0 Å². The van der Waals surface area contributed by atoms with Crippen molar-refractivity contribution in [3.63, 3.8) is 0 Å². The molecule has 0 spiro atoms. The third-order valence-electron chi connectivity index (χ3n) is 2.71. The summed E-state index contributed by atoms with van der Waals surface area (Å²) >= 11 is 20.5. The smallest absolute Gasteiger partial charge is 0.267 e. The molecule has 0 aliphatic heterocycles. The van der Waals surface area contributed by atoms with Crippen molar-refractivity contribution in [1.82, 2.24) is 3.96 Å². The summed E-state index contributed by atoms with van der Waals surface area (Å²) in [4.78, 5) is 11.9. The van der Waals surface area contributed by atoms with Crippen molar-refractivity contribution in [3.8, 4) is 0 Å². The number of benzene rings is 1. The molecule has 19 heavy (non-hydrogen) atoms. The van der Waals surface area contributed by atoms with E-state index in [9.17, 15) is 4.79 Å². The molecule has 0 fully saturated rings. The Morgan fingerprint density at radius 3 is 2.68 bits per heavy atom. The second kappa shape index (κ2) is 5.11. The zero-order valence-corrected chi connectivity index (χ0v) is 13.2. The molecule has 1 aromatic carbocycles. The van der Waals surface area contributed by atoms with Crippen LogP contribution in [0.2, 0.25) is 14.4 Å². The minimum Gasteiger partial charge on any atom is -0.267 e. The van der Waals surface area contributed by atoms with Crippen LogP contribution < -0.4 is 5.56 Å². The molecule has 2 heterocycles. The number of halogens is 3. The van der Waals surface area contributed by atoms with Gasteiger partial charge in [-0.3, -0.25) is 8.75 Å². The monoisotopic (exact) mass is 349 g/mol. The van der Waals surface area contributed by atoms with Crippen molar-refractivity contribution in [2.24, 2.45) is 0 Å². The molecular formula is C12H6Cl3NOS2. The summed E-state index contributed by atoms with van der Waals surface area (Å²) in [5.74, 6) is 0. The molecule has 3 aromatic rings. The van der Waals surface area contributed by atoms with Crippen LogP contribution in [0.1, 0.15) is 5.56 Å². The number of hydrogen-bond acceptors (Lipinski definition) is 3. The van der Waals surface area contributed by atoms with E-state index in [0.717, 1.165) is 27.2 Å². The zero-order valence-electron chi connectivity index (χ0n) is 9.32. The zero-order chi connectivity index (χ0) is 13.6. The summed E-state index contributed by atoms with van der Waals surface area (Å²) in [7, 11) is 0. The van der Waals surface area contributed by atoms with Crippen LogP contribution in [-0.2, 0) is 6.54 Å². The van der Waals surface area contributed by atoms with Crippen molar-refractivity contribution in [2.75, 3.05) is 0 Å². The molecule has 2 nitrogen and oxygen atoms in total. The van der Waals surface area contributed by atoms with E-state index in [1.807, 2.05) is 23.6 Å². The average Bonchev–Trinajstić information content (AvgIpc) is 2.88. The first kappa shape index (κ1) is 13.5. The highest BCUT2D eigenvalue weighted by Gasteiger charge is 2.13. The number of fused-ring (bicyclic) bond motifs is 1. The summed E-state index contributed by atoms with van der Waals surface area (Å²) in [6.45, 7) is 0.455. The van der Waals surface area contributed by atoms with E-state index in [1.165, 1.54) is 0 Å². The molecule has 0 aliphatic rings. The number of nitrogens with zero attached hydrogens (tertiary/aromatic N) is 1. The molecule has 98 valence electrons. The Labute approximate surface area is 131 Å². The highest BCUT2D eigenvalue weighted by molar-refractivity contribution is 7.17. The van der Waals surface area contributed by atoms with E-state index in [0.29, 0.717) is 15.9 Å². The van der Waals surface area contributed by atoms with Gasteiger partial charge in [0.05, 0.1) is 6.54 Å². The fourth-order valence-corrected chi connectivity index (χ4v) is 4.24. The predicted octanol–water partition coefficient (Wildman–Crippen LogP) is 5.13. The van der Waals surface area contributed by atoms with Crippen LogP contribution in [0, 0.1) is 0 Å². The summed E-state index contributed by atoms with van der Waals surface area (Å²) < 4.78 is 3.01. The Kier molecular flexibility index (Phi) is 3.62. The van der Waals surface area contributed by atoms with Gasteiger partial charge in [-0.25, -0.2) is 0 Å². The van der Waals surface area contributed by atoms with Gasteiger partial charge in [0.1, 0.15) is 9.36 Å². The molecule has 7 heteroatoms. The second-order valence-corrected chi connectivity index (χ2v) is 7.28. The van der Waals surface area contributed by atoms with Crippen molar-refractivity contribution in [2.45, 2.75) is 6.54 Å². The quantitative estimate of drug-likeness (QED) is 0.627. The molecule has 0 bridgehead atoms. The van der Waals surface area contributed by atoms with Gasteiger partial charge in [-0.2, -0.15) is 0 Å². The number of rotatable bonds is 2. The first-order valence-electron chi connectivity index (χ1n) is 5.27. The van der Waals surface area contributed by atoms with E-state index in [2.05, 4.69) is 0 Å². The first-order chi connectivity index (χ1) is 9.06. The standard InChI is InChI=1S/C12H6Cl3NOS2/c13-7-1-2-9-8(3-7)6(5-18-9)4-16-12(17)10(14)11(15)19-16/h1-3,5H,4H2. The third kappa shape index (κ3) is 2.43. The first-order valence-corrected chi connectivity index (χ1v) is 8.05. The van der Waals surface area contributed by atoms with Crippen LogP contribution in [0.3, 0.4) is 0 Å². The summed E-state index contributed by atoms with van der Waals surface area (Å²) in [6, 6.07) is 5.74. The lowest BCUT2D eigenvalue weighted by Gasteiger charge is -2.00. The Hall–Kier alpha value is -0.520. The van der Waals surface area contributed by atoms with Gasteiger partial charge in [-0.05, 0) is 46.1 Å². The Balaban J connectivity index is 2.08. The van der Waals surface area contributed by atoms with Gasteiger partial charge in [0.25, 0.3) is 5.56 Å². The van der Waals surface area contributed by atoms with Crippen LogP contribution in [0.4, 0.5) is 0 Å². The minimum atomic E-state index is -0.252. The van der Waals surface area contributed by atoms with Crippen LogP contribution >= 0.6 is 57.7 Å². The van der Waals surface area contributed by atoms with Gasteiger partial charge in [-0.15, -0.1) is 11.3 Å². The molecular weight excluding hydrogens is 345 g/mol. The molecule has 0 atom stereocenters. The van der Waals surface area contributed by atoms with Gasteiger partial charge in [0.2, 0.25) is 0 Å². The molecule has 2 aromatic heterocycles. The number of hydrogen-bond donors (Lipinski definition) is 0. The predicted molar refractivity (Wildman–Crippen MR) is 84.5 cm³/mol. The van der Waals surface area contributed by atoms with Crippen LogP contribution in [0.5, 0.6) is 0 Å². The van der Waals surface area contributed by atoms with Crippen LogP contribution in [-0.4, -0.2) is 3.96 Å². The van der Waals surface area contributed by atoms with Gasteiger partial charge in [0, 0.05) is 9.72 Å². The molecule has 0 radical (unpaired) electrons. The van der Waals surface area contributed by atoms with Crippen molar-refractivity contribution in [1.29, 1.82) is 0 Å². The summed E-state index contributed by atoms with van der Waals surface area (Å²) in [6.07, 6.45) is 0. The number of thiophene rings is 1. The van der Waals surface area contributed by atoms with Gasteiger partial charge in [0.15, 0.2) is 0 Å². The summed E-state index contributed by atoms with van der Waals surface area (Å²) in [5.41, 5.74) is 0.789. The third-order valence-corrected chi connectivity index (χ3v) is 5.79. The maximum absolute atomic E-state index is 11.9. The summed E-state index contributed by atoms with van der Waals surface area (Å²) in [5, 5.41) is 3.85. The lowest BCUT2D eigenvalue weighted by molar-refractivity contribution is 0.858. The second-order valence-electron chi connectivity index (χ2n) is 3.92. The van der Waals surface area contributed by atoms with E-state index in [-0.39, 0.29) is 10.6 Å². The highest BCUT2D eigenvalue weighted by Crippen LogP contribution is 2.30. The largest absolute Gasteiger partial charge is 0.281 e.